The molecule has 0 atom stereocenters. The molecule has 2 N–H and O–H groups in total. The van der Waals surface area contributed by atoms with Crippen LogP contribution in [0.25, 0.3) is 6.08 Å². The minimum atomic E-state index is -4.33. The molecule has 0 aliphatic carbocycles. The van der Waals surface area contributed by atoms with Gasteiger partial charge in [-0.2, -0.15) is 13.7 Å². The van der Waals surface area contributed by atoms with E-state index < -0.39 is 20.9 Å². The van der Waals surface area contributed by atoms with Crippen molar-refractivity contribution in [3.63, 3.8) is 0 Å². The molecule has 212 valence electrons. The van der Waals surface area contributed by atoms with Crippen molar-refractivity contribution < 1.29 is 36.6 Å². The van der Waals surface area contributed by atoms with Crippen molar-refractivity contribution in [1.29, 1.82) is 5.26 Å². The van der Waals surface area contributed by atoms with Crippen molar-refractivity contribution in [2.24, 2.45) is 0 Å². The van der Waals surface area contributed by atoms with E-state index in [4.69, 9.17) is 13.7 Å². The molecule has 15 heteroatoms. The number of carbonyl (C=O) groups excluding carboxylic acids is 2. The van der Waals surface area contributed by atoms with Crippen LogP contribution in [0.5, 0.6) is 17.2 Å². The van der Waals surface area contributed by atoms with Gasteiger partial charge in [0.15, 0.2) is 11.5 Å². The molecule has 3 aromatic carbocycles. The van der Waals surface area contributed by atoms with Gasteiger partial charge in [-0.05, 0) is 70.0 Å². The third-order valence-electron chi connectivity index (χ3n) is 5.23. The molecule has 0 unspecified atom stereocenters. The summed E-state index contributed by atoms with van der Waals surface area (Å²) in [4.78, 5) is 34.2. The molecule has 0 saturated carbocycles. The van der Waals surface area contributed by atoms with Gasteiger partial charge in [0.05, 0.1) is 35.4 Å². The van der Waals surface area contributed by atoms with E-state index in [-0.39, 0.29) is 55.0 Å². The molecule has 41 heavy (non-hydrogen) atoms. The number of hydrogen-bond donors (Lipinski definition) is 2. The van der Waals surface area contributed by atoms with E-state index in [2.05, 4.69) is 26.6 Å². The number of hydrogen-bond acceptors (Lipinski definition) is 10. The van der Waals surface area contributed by atoms with Crippen LogP contribution in [0.15, 0.2) is 69.5 Å². The molecule has 3 rings (SSSR count). The van der Waals surface area contributed by atoms with Crippen molar-refractivity contribution in [3.05, 3.63) is 80.3 Å². The minimum Gasteiger partial charge on any atom is -0.494 e. The second-order valence-corrected chi connectivity index (χ2v) is 10.4. The summed E-state index contributed by atoms with van der Waals surface area (Å²) >= 11 is 3.24. The molecule has 0 bridgehead atoms. The Balaban J connectivity index is 1.88. The standard InChI is InChI=1S/C26H21BrN4O9S/c1-15(32)29-18-4-7-20(8-5-18)41(36,37)40-25-21(27)11-16(12-24(25)39-3)10-17(14-28)26(33)30-22-9-6-19(31(34)35)13-23(22)38-2/h4-13H,1-3H3,(H,29,32)(H,30,33)/b17-10+. The van der Waals surface area contributed by atoms with Gasteiger partial charge in [-0.15, -0.1) is 0 Å². The van der Waals surface area contributed by atoms with Gasteiger partial charge < -0.3 is 24.3 Å². The molecule has 0 radical (unpaired) electrons. The largest absolute Gasteiger partial charge is 0.494 e. The van der Waals surface area contributed by atoms with Gasteiger partial charge in [0.2, 0.25) is 5.91 Å². The zero-order chi connectivity index (χ0) is 30.3. The Labute approximate surface area is 242 Å². The van der Waals surface area contributed by atoms with Gasteiger partial charge in [0, 0.05) is 18.7 Å². The number of non-ortho nitro benzene ring substituents is 1. The first-order valence-corrected chi connectivity index (χ1v) is 13.5. The molecule has 0 aliphatic heterocycles. The number of nitriles is 1. The number of methoxy groups -OCH3 is 2. The number of rotatable bonds is 10. The van der Waals surface area contributed by atoms with Gasteiger partial charge in [0.25, 0.3) is 11.6 Å². The van der Waals surface area contributed by atoms with Crippen molar-refractivity contribution in [3.8, 4) is 23.3 Å². The van der Waals surface area contributed by atoms with Gasteiger partial charge in [-0.1, -0.05) is 0 Å². The molecule has 0 aromatic heterocycles. The number of benzene rings is 3. The maximum atomic E-state index is 12.9. The van der Waals surface area contributed by atoms with Crippen LogP contribution in [0, 0.1) is 21.4 Å². The molecule has 0 heterocycles. The van der Waals surface area contributed by atoms with Crippen LogP contribution in [0.2, 0.25) is 0 Å². The van der Waals surface area contributed by atoms with Crippen molar-refractivity contribution in [2.45, 2.75) is 11.8 Å². The predicted octanol–water partition coefficient (Wildman–Crippen LogP) is 4.65. The fraction of sp³-hybridized carbons (Fsp3) is 0.115. The number of halogens is 1. The Kier molecular flexibility index (Phi) is 9.66. The first-order chi connectivity index (χ1) is 19.4. The fourth-order valence-electron chi connectivity index (χ4n) is 3.37. The second-order valence-electron chi connectivity index (χ2n) is 8.04. The highest BCUT2D eigenvalue weighted by molar-refractivity contribution is 9.10. The average Bonchev–Trinajstić information content (AvgIpc) is 2.92. The van der Waals surface area contributed by atoms with Crippen LogP contribution in [0.3, 0.4) is 0 Å². The zero-order valence-electron chi connectivity index (χ0n) is 21.6. The fourth-order valence-corrected chi connectivity index (χ4v) is 4.98. The van der Waals surface area contributed by atoms with E-state index in [1.807, 2.05) is 0 Å². The number of amides is 2. The summed E-state index contributed by atoms with van der Waals surface area (Å²) < 4.78 is 41.6. The summed E-state index contributed by atoms with van der Waals surface area (Å²) in [5, 5.41) is 25.6. The van der Waals surface area contributed by atoms with Crippen molar-refractivity contribution in [1.82, 2.24) is 0 Å². The number of nitrogens with zero attached hydrogens (tertiary/aromatic N) is 2. The maximum Gasteiger partial charge on any atom is 0.339 e. The Morgan fingerprint density at radius 1 is 1.02 bits per heavy atom. The van der Waals surface area contributed by atoms with E-state index in [0.717, 1.165) is 6.07 Å². The van der Waals surface area contributed by atoms with E-state index in [1.54, 1.807) is 6.07 Å². The highest BCUT2D eigenvalue weighted by atomic mass is 79.9. The van der Waals surface area contributed by atoms with E-state index in [1.165, 1.54) is 75.8 Å². The topological polar surface area (TPSA) is 187 Å². The van der Waals surface area contributed by atoms with Crippen LogP contribution >= 0.6 is 15.9 Å². The highest BCUT2D eigenvalue weighted by Crippen LogP contribution is 2.39. The quantitative estimate of drug-likeness (QED) is 0.103. The first kappa shape index (κ1) is 30.6. The molecular formula is C26H21BrN4O9S. The smallest absolute Gasteiger partial charge is 0.339 e. The summed E-state index contributed by atoms with van der Waals surface area (Å²) in [5.41, 5.74) is 0.178. The number of nitro benzene ring substituents is 1. The molecule has 0 fully saturated rings. The van der Waals surface area contributed by atoms with E-state index in [0.29, 0.717) is 5.69 Å². The summed E-state index contributed by atoms with van der Waals surface area (Å²) in [6.45, 7) is 1.32. The molecule has 13 nitrogen and oxygen atoms in total. The lowest BCUT2D eigenvalue weighted by atomic mass is 10.1. The van der Waals surface area contributed by atoms with Gasteiger partial charge in [-0.25, -0.2) is 0 Å². The molecule has 2 amide bonds. The van der Waals surface area contributed by atoms with Gasteiger partial charge in [-0.3, -0.25) is 19.7 Å². The molecule has 3 aromatic rings. The lowest BCUT2D eigenvalue weighted by Crippen LogP contribution is -2.14. The number of nitro groups is 1. The molecule has 0 aliphatic rings. The van der Waals surface area contributed by atoms with Crippen molar-refractivity contribution in [2.75, 3.05) is 24.9 Å². The maximum absolute atomic E-state index is 12.9. The van der Waals surface area contributed by atoms with Crippen LogP contribution in [0.4, 0.5) is 17.1 Å². The summed E-state index contributed by atoms with van der Waals surface area (Å²) in [5.74, 6) is -1.35. The van der Waals surface area contributed by atoms with Crippen LogP contribution in [-0.2, 0) is 19.7 Å². The summed E-state index contributed by atoms with van der Waals surface area (Å²) in [6, 6.07) is 13.4. The minimum absolute atomic E-state index is 0.0155. The van der Waals surface area contributed by atoms with Crippen molar-refractivity contribution >= 4 is 61.0 Å². The Hall–Kier alpha value is -4.94. The Bertz CT molecular complexity index is 1700. The summed E-state index contributed by atoms with van der Waals surface area (Å²) in [6.07, 6.45) is 1.22. The van der Waals surface area contributed by atoms with Crippen LogP contribution in [0.1, 0.15) is 12.5 Å². The molecule has 0 spiro atoms. The number of carbonyl (C=O) groups is 2. The lowest BCUT2D eigenvalue weighted by Gasteiger charge is -2.14. The van der Waals surface area contributed by atoms with E-state index >= 15 is 0 Å². The number of ether oxygens (including phenoxy) is 2. The van der Waals surface area contributed by atoms with Gasteiger partial charge >= 0.3 is 10.1 Å². The van der Waals surface area contributed by atoms with Gasteiger partial charge in [0.1, 0.15) is 22.3 Å². The predicted molar refractivity (Wildman–Crippen MR) is 151 cm³/mol. The van der Waals surface area contributed by atoms with Crippen LogP contribution < -0.4 is 24.3 Å². The number of nitrogens with one attached hydrogen (secondary N) is 2. The Morgan fingerprint density at radius 3 is 2.24 bits per heavy atom. The normalized spacial score (nSPS) is 11.1. The highest BCUT2D eigenvalue weighted by Gasteiger charge is 2.23. The summed E-state index contributed by atoms with van der Waals surface area (Å²) in [7, 11) is -1.78. The Morgan fingerprint density at radius 2 is 1.68 bits per heavy atom. The van der Waals surface area contributed by atoms with E-state index in [9.17, 15) is 33.4 Å². The zero-order valence-corrected chi connectivity index (χ0v) is 24.0. The average molecular weight is 645 g/mol. The lowest BCUT2D eigenvalue weighted by molar-refractivity contribution is -0.384. The second kappa shape index (κ2) is 12.9. The van der Waals surface area contributed by atoms with Crippen LogP contribution in [-0.4, -0.2) is 39.4 Å². The third-order valence-corrected chi connectivity index (χ3v) is 7.05. The third kappa shape index (κ3) is 7.59. The number of anilines is 2. The molecular weight excluding hydrogens is 624 g/mol. The molecule has 0 saturated heterocycles. The SMILES string of the molecule is COc1cc([N+](=O)[O-])ccc1NC(=O)/C(C#N)=C/c1cc(Br)c(OS(=O)(=O)c2ccc(NC(C)=O)cc2)c(OC)c1. The first-order valence-electron chi connectivity index (χ1n) is 11.3. The monoisotopic (exact) mass is 644 g/mol.